The molecule has 1 atom stereocenters. The molecule has 16 heteroatoms. The van der Waals surface area contributed by atoms with E-state index in [0.29, 0.717) is 0 Å². The van der Waals surface area contributed by atoms with Crippen LogP contribution in [0.4, 0.5) is 20.3 Å². The average molecular weight is 645 g/mol. The van der Waals surface area contributed by atoms with E-state index in [2.05, 4.69) is 25.2 Å². The SMILES string of the molecule is CN1CCN(CCCN2CCC(n3cc(NC(=O)c4c(N)nn5cccnc45)c(-c4cc(Cl)ccc4OC(F)F)n3)CC2)C1O. The summed E-state index contributed by atoms with van der Waals surface area (Å²) in [5.41, 5.74) is 7.12. The van der Waals surface area contributed by atoms with Crippen LogP contribution in [0.2, 0.25) is 5.02 Å². The zero-order valence-electron chi connectivity index (χ0n) is 24.7. The third kappa shape index (κ3) is 6.72. The number of hydrogen-bond acceptors (Lipinski definition) is 10. The molecule has 5 heterocycles. The number of ether oxygens (including phenoxy) is 1. The van der Waals surface area contributed by atoms with Gasteiger partial charge in [0.1, 0.15) is 17.0 Å². The molecule has 0 bridgehead atoms. The summed E-state index contributed by atoms with van der Waals surface area (Å²) in [5.74, 6) is -0.718. The summed E-state index contributed by atoms with van der Waals surface area (Å²) in [6.45, 7) is 2.06. The molecule has 0 aliphatic carbocycles. The Balaban J connectivity index is 1.22. The summed E-state index contributed by atoms with van der Waals surface area (Å²) in [6, 6.07) is 5.93. The molecule has 240 valence electrons. The number of likely N-dealkylation sites (tertiary alicyclic amines) is 1. The number of likely N-dealkylation sites (N-methyl/N-ethyl adjacent to an activating group) is 1. The quantitative estimate of drug-likeness (QED) is 0.236. The first-order valence-corrected chi connectivity index (χ1v) is 15.1. The molecule has 2 aliphatic rings. The highest BCUT2D eigenvalue weighted by atomic mass is 35.5. The second-order valence-corrected chi connectivity index (χ2v) is 11.7. The highest BCUT2D eigenvalue weighted by Gasteiger charge is 2.29. The van der Waals surface area contributed by atoms with Crippen molar-refractivity contribution in [3.63, 3.8) is 0 Å². The normalized spacial score (nSPS) is 18.8. The number of nitrogens with zero attached hydrogens (tertiary/aromatic N) is 8. The Morgan fingerprint density at radius 1 is 1.20 bits per heavy atom. The van der Waals surface area contributed by atoms with Crippen LogP contribution in [-0.4, -0.2) is 109 Å². The number of fused-ring (bicyclic) bond motifs is 1. The highest BCUT2D eigenvalue weighted by Crippen LogP contribution is 2.38. The molecule has 1 unspecified atom stereocenters. The number of anilines is 2. The first-order chi connectivity index (χ1) is 21.7. The van der Waals surface area contributed by atoms with Crippen molar-refractivity contribution in [3.8, 4) is 17.0 Å². The van der Waals surface area contributed by atoms with Crippen LogP contribution >= 0.6 is 11.6 Å². The molecule has 2 aliphatic heterocycles. The van der Waals surface area contributed by atoms with E-state index in [0.717, 1.165) is 58.5 Å². The third-order valence-electron chi connectivity index (χ3n) is 8.35. The van der Waals surface area contributed by atoms with Gasteiger partial charge in [-0.25, -0.2) is 9.50 Å². The van der Waals surface area contributed by atoms with Gasteiger partial charge in [-0.05, 0) is 57.1 Å². The number of benzene rings is 1. The lowest BCUT2D eigenvalue weighted by Crippen LogP contribution is -2.39. The topological polar surface area (TPSA) is 142 Å². The van der Waals surface area contributed by atoms with Crippen LogP contribution in [0.25, 0.3) is 16.9 Å². The van der Waals surface area contributed by atoms with Crippen LogP contribution in [0, 0.1) is 0 Å². The maximum Gasteiger partial charge on any atom is 0.387 e. The molecule has 4 aromatic rings. The van der Waals surface area contributed by atoms with Crippen LogP contribution < -0.4 is 15.8 Å². The van der Waals surface area contributed by atoms with Crippen molar-refractivity contribution in [2.45, 2.75) is 38.3 Å². The molecule has 3 aromatic heterocycles. The van der Waals surface area contributed by atoms with Gasteiger partial charge >= 0.3 is 6.61 Å². The number of aromatic nitrogens is 5. The molecule has 4 N–H and O–H groups in total. The van der Waals surface area contributed by atoms with Crippen molar-refractivity contribution in [2.75, 3.05) is 57.4 Å². The molecule has 1 aromatic carbocycles. The molecule has 0 spiro atoms. The van der Waals surface area contributed by atoms with Crippen molar-refractivity contribution in [1.29, 1.82) is 0 Å². The van der Waals surface area contributed by atoms with Gasteiger partial charge in [0, 0.05) is 61.9 Å². The average Bonchev–Trinajstić information content (AvgIpc) is 3.68. The fourth-order valence-corrected chi connectivity index (χ4v) is 6.16. The second kappa shape index (κ2) is 13.2. The van der Waals surface area contributed by atoms with E-state index >= 15 is 0 Å². The van der Waals surface area contributed by atoms with Crippen LogP contribution in [-0.2, 0) is 0 Å². The molecule has 6 rings (SSSR count). The minimum Gasteiger partial charge on any atom is -0.434 e. The van der Waals surface area contributed by atoms with Crippen molar-refractivity contribution in [3.05, 3.63) is 53.4 Å². The van der Waals surface area contributed by atoms with E-state index < -0.39 is 18.9 Å². The fourth-order valence-electron chi connectivity index (χ4n) is 5.99. The Morgan fingerprint density at radius 2 is 2.00 bits per heavy atom. The molecule has 45 heavy (non-hydrogen) atoms. The Labute approximate surface area is 263 Å². The number of nitrogens with two attached hydrogens (primary N) is 1. The minimum atomic E-state index is -3.08. The Hall–Kier alpha value is -3.89. The number of alkyl halides is 2. The molecular formula is C29H35ClF2N10O3. The van der Waals surface area contributed by atoms with Gasteiger partial charge in [-0.2, -0.15) is 13.9 Å². The van der Waals surface area contributed by atoms with Gasteiger partial charge in [0.15, 0.2) is 17.8 Å². The number of rotatable bonds is 10. The molecular weight excluding hydrogens is 610 g/mol. The van der Waals surface area contributed by atoms with Crippen LogP contribution in [0.5, 0.6) is 5.75 Å². The van der Waals surface area contributed by atoms with E-state index in [1.165, 1.54) is 28.9 Å². The van der Waals surface area contributed by atoms with E-state index in [9.17, 15) is 18.7 Å². The van der Waals surface area contributed by atoms with Crippen molar-refractivity contribution < 1.29 is 23.4 Å². The number of nitrogens with one attached hydrogen (secondary N) is 1. The predicted molar refractivity (Wildman–Crippen MR) is 164 cm³/mol. The number of piperidine rings is 1. The molecule has 0 saturated carbocycles. The number of amides is 1. The van der Waals surface area contributed by atoms with Crippen molar-refractivity contribution in [1.82, 2.24) is 39.1 Å². The number of aliphatic hydroxyl groups excluding tert-OH is 1. The highest BCUT2D eigenvalue weighted by molar-refractivity contribution is 6.31. The zero-order chi connectivity index (χ0) is 31.7. The van der Waals surface area contributed by atoms with E-state index in [-0.39, 0.29) is 50.8 Å². The predicted octanol–water partition coefficient (Wildman–Crippen LogP) is 3.23. The number of carbonyl (C=O) groups is 1. The summed E-state index contributed by atoms with van der Waals surface area (Å²) < 4.78 is 34.7. The van der Waals surface area contributed by atoms with Crippen LogP contribution in [0.3, 0.4) is 0 Å². The van der Waals surface area contributed by atoms with Gasteiger partial charge in [-0.3, -0.25) is 19.3 Å². The monoisotopic (exact) mass is 644 g/mol. The molecule has 13 nitrogen and oxygen atoms in total. The smallest absolute Gasteiger partial charge is 0.387 e. The number of carbonyl (C=O) groups excluding carboxylic acids is 1. The van der Waals surface area contributed by atoms with Crippen molar-refractivity contribution >= 4 is 34.7 Å². The standard InChI is InChI=1S/C29H35ClF2N10O3/c1-38-14-15-40(29(38)44)10-3-9-39-12-6-19(7-13-39)42-17-21(24(36-42)20-16-18(30)4-5-22(20)45-28(31)32)35-27(43)23-25(33)37-41-11-2-8-34-26(23)41/h2,4-5,8,11,16-17,19,28-29,44H,3,6-7,9-10,12-15H2,1H3,(H2,33,37)(H,35,43). The van der Waals surface area contributed by atoms with E-state index in [4.69, 9.17) is 27.2 Å². The van der Waals surface area contributed by atoms with Crippen molar-refractivity contribution in [2.24, 2.45) is 0 Å². The van der Waals surface area contributed by atoms with E-state index in [1.807, 2.05) is 11.9 Å². The third-order valence-corrected chi connectivity index (χ3v) is 8.59. The lowest BCUT2D eigenvalue weighted by atomic mass is 10.1. The van der Waals surface area contributed by atoms with Crippen LogP contribution in [0.15, 0.2) is 42.9 Å². The Bertz CT molecular complexity index is 1660. The van der Waals surface area contributed by atoms with Gasteiger partial charge in [-0.15, -0.1) is 5.10 Å². The van der Waals surface area contributed by atoms with Gasteiger partial charge in [0.2, 0.25) is 0 Å². The Kier molecular flexibility index (Phi) is 9.14. The first kappa shape index (κ1) is 31.1. The van der Waals surface area contributed by atoms with Crippen LogP contribution in [0.1, 0.15) is 35.7 Å². The second-order valence-electron chi connectivity index (χ2n) is 11.3. The summed E-state index contributed by atoms with van der Waals surface area (Å²) in [4.78, 5) is 24.2. The first-order valence-electron chi connectivity index (χ1n) is 14.8. The van der Waals surface area contributed by atoms with Gasteiger partial charge in [0.05, 0.1) is 11.7 Å². The molecule has 2 fully saturated rings. The molecule has 1 amide bonds. The number of aliphatic hydroxyl groups is 1. The summed E-state index contributed by atoms with van der Waals surface area (Å²) >= 11 is 6.27. The fraction of sp³-hybridized carbons (Fsp3) is 0.448. The number of nitrogen functional groups attached to an aromatic ring is 1. The number of halogens is 3. The molecule has 2 saturated heterocycles. The summed E-state index contributed by atoms with van der Waals surface area (Å²) in [5, 5.41) is 22.3. The lowest BCUT2D eigenvalue weighted by molar-refractivity contribution is -0.0495. The minimum absolute atomic E-state index is 0.00192. The number of hydrogen-bond donors (Lipinski definition) is 3. The maximum absolute atomic E-state index is 13.6. The van der Waals surface area contributed by atoms with Gasteiger partial charge in [0.25, 0.3) is 5.91 Å². The Morgan fingerprint density at radius 3 is 2.73 bits per heavy atom. The zero-order valence-corrected chi connectivity index (χ0v) is 25.4. The van der Waals surface area contributed by atoms with Gasteiger partial charge in [-0.1, -0.05) is 11.6 Å². The maximum atomic E-state index is 13.6. The lowest BCUT2D eigenvalue weighted by Gasteiger charge is -2.32. The molecule has 0 radical (unpaired) electrons. The largest absolute Gasteiger partial charge is 0.434 e. The summed E-state index contributed by atoms with van der Waals surface area (Å²) in [7, 11) is 1.92. The van der Waals surface area contributed by atoms with E-state index in [1.54, 1.807) is 23.1 Å². The van der Waals surface area contributed by atoms with Gasteiger partial charge < -0.3 is 25.8 Å². The summed E-state index contributed by atoms with van der Waals surface area (Å²) in [6.07, 6.45) is 6.86.